The maximum absolute atomic E-state index is 5.34. The van der Waals surface area contributed by atoms with Crippen LogP contribution in [0.1, 0.15) is 22.3 Å². The number of anilines is 1. The third kappa shape index (κ3) is 3.31. The Labute approximate surface area is 128 Å². The zero-order chi connectivity index (χ0) is 14.7. The summed E-state index contributed by atoms with van der Waals surface area (Å²) >= 11 is 3.43. The van der Waals surface area contributed by atoms with E-state index < -0.39 is 0 Å². The third-order valence-electron chi connectivity index (χ3n) is 3.34. The fraction of sp³-hybridized carbons (Fsp3) is 0.312. The van der Waals surface area contributed by atoms with Gasteiger partial charge in [0.25, 0.3) is 0 Å². The van der Waals surface area contributed by atoms with Gasteiger partial charge in [-0.1, -0.05) is 6.07 Å². The molecule has 0 spiro atoms. The number of nitrogens with one attached hydrogen (secondary N) is 1. The number of aryl methyl sites for hydroxylation is 3. The molecule has 0 aliphatic rings. The van der Waals surface area contributed by atoms with Crippen LogP contribution in [0.3, 0.4) is 0 Å². The first kappa shape index (κ1) is 14.9. The summed E-state index contributed by atoms with van der Waals surface area (Å²) in [6, 6.07) is 6.30. The van der Waals surface area contributed by atoms with E-state index in [2.05, 4.69) is 58.3 Å². The zero-order valence-electron chi connectivity index (χ0n) is 12.2. The number of hydrogen-bond donors (Lipinski definition) is 1. The molecule has 2 aromatic rings. The lowest BCUT2D eigenvalue weighted by Gasteiger charge is -2.13. The maximum atomic E-state index is 5.34. The molecular formula is C16H19BrN2O. The molecule has 1 heterocycles. The Morgan fingerprint density at radius 3 is 2.50 bits per heavy atom. The molecule has 0 saturated carbocycles. The average molecular weight is 335 g/mol. The molecular weight excluding hydrogens is 316 g/mol. The van der Waals surface area contributed by atoms with Gasteiger partial charge in [0, 0.05) is 17.2 Å². The van der Waals surface area contributed by atoms with Crippen LogP contribution in [0.5, 0.6) is 5.75 Å². The molecule has 2 rings (SSSR count). The van der Waals surface area contributed by atoms with Crippen LogP contribution < -0.4 is 10.1 Å². The number of aromatic nitrogens is 1. The van der Waals surface area contributed by atoms with E-state index >= 15 is 0 Å². The summed E-state index contributed by atoms with van der Waals surface area (Å²) in [5.41, 5.74) is 4.75. The lowest BCUT2D eigenvalue weighted by atomic mass is 10.0. The van der Waals surface area contributed by atoms with Crippen LogP contribution in [0, 0.1) is 20.8 Å². The third-order valence-corrected chi connectivity index (χ3v) is 3.78. The predicted molar refractivity (Wildman–Crippen MR) is 86.5 cm³/mol. The van der Waals surface area contributed by atoms with Crippen LogP contribution in [0.4, 0.5) is 5.82 Å². The van der Waals surface area contributed by atoms with Crippen LogP contribution in [-0.4, -0.2) is 12.1 Å². The summed E-state index contributed by atoms with van der Waals surface area (Å²) in [5.74, 6) is 1.85. The molecule has 0 atom stereocenters. The van der Waals surface area contributed by atoms with Crippen molar-refractivity contribution in [3.8, 4) is 5.75 Å². The highest BCUT2D eigenvalue weighted by Crippen LogP contribution is 2.24. The molecule has 4 heteroatoms. The highest BCUT2D eigenvalue weighted by Gasteiger charge is 2.06. The Kier molecular flexibility index (Phi) is 4.65. The number of pyridine rings is 1. The van der Waals surface area contributed by atoms with Crippen LogP contribution >= 0.6 is 15.9 Å². The molecule has 3 nitrogen and oxygen atoms in total. The first-order valence-corrected chi connectivity index (χ1v) is 7.30. The van der Waals surface area contributed by atoms with Gasteiger partial charge in [-0.15, -0.1) is 0 Å². The second kappa shape index (κ2) is 6.27. The number of rotatable bonds is 4. The fourth-order valence-electron chi connectivity index (χ4n) is 2.16. The number of ether oxygens (including phenoxy) is 1. The van der Waals surface area contributed by atoms with Gasteiger partial charge in [-0.05, 0) is 71.1 Å². The van der Waals surface area contributed by atoms with E-state index in [0.717, 1.165) is 33.7 Å². The molecule has 0 radical (unpaired) electrons. The first-order valence-electron chi connectivity index (χ1n) is 6.51. The van der Waals surface area contributed by atoms with E-state index in [0.29, 0.717) is 0 Å². The molecule has 0 amide bonds. The minimum absolute atomic E-state index is 0.756. The maximum Gasteiger partial charge on any atom is 0.129 e. The second-order valence-corrected chi connectivity index (χ2v) is 5.84. The quantitative estimate of drug-likeness (QED) is 0.900. The van der Waals surface area contributed by atoms with E-state index in [-0.39, 0.29) is 0 Å². The van der Waals surface area contributed by atoms with Gasteiger partial charge in [0.2, 0.25) is 0 Å². The van der Waals surface area contributed by atoms with Crippen molar-refractivity contribution in [2.45, 2.75) is 27.3 Å². The summed E-state index contributed by atoms with van der Waals surface area (Å²) < 4.78 is 6.34. The first-order chi connectivity index (χ1) is 9.51. The molecule has 0 saturated heterocycles. The number of benzene rings is 1. The van der Waals surface area contributed by atoms with Gasteiger partial charge in [0.1, 0.15) is 11.6 Å². The molecule has 0 aliphatic carbocycles. The lowest BCUT2D eigenvalue weighted by molar-refractivity contribution is 0.411. The van der Waals surface area contributed by atoms with E-state index in [1.165, 1.54) is 11.1 Å². The number of nitrogens with zero attached hydrogens (tertiary/aromatic N) is 1. The fourth-order valence-corrected chi connectivity index (χ4v) is 2.61. The molecule has 1 aromatic carbocycles. The summed E-state index contributed by atoms with van der Waals surface area (Å²) in [4.78, 5) is 4.40. The van der Waals surface area contributed by atoms with Crippen LogP contribution in [0.2, 0.25) is 0 Å². The molecule has 1 aromatic heterocycles. The Bertz CT molecular complexity index is 626. The second-order valence-electron chi connectivity index (χ2n) is 4.92. The molecule has 0 aliphatic heterocycles. The smallest absolute Gasteiger partial charge is 0.129 e. The minimum atomic E-state index is 0.756. The molecule has 20 heavy (non-hydrogen) atoms. The Hall–Kier alpha value is -1.55. The molecule has 0 unspecified atom stereocenters. The average Bonchev–Trinajstić information content (AvgIpc) is 2.41. The van der Waals surface area contributed by atoms with Crippen molar-refractivity contribution in [1.29, 1.82) is 0 Å². The van der Waals surface area contributed by atoms with Crippen molar-refractivity contribution in [2.75, 3.05) is 12.4 Å². The van der Waals surface area contributed by atoms with Gasteiger partial charge >= 0.3 is 0 Å². The monoisotopic (exact) mass is 334 g/mol. The highest BCUT2D eigenvalue weighted by molar-refractivity contribution is 9.10. The van der Waals surface area contributed by atoms with Crippen molar-refractivity contribution in [2.24, 2.45) is 0 Å². The standard InChI is InChI=1S/C16H19BrN2O/c1-10-7-15(20-4)11(2)5-13(10)8-18-16-12(3)6-14(17)9-19-16/h5-7,9H,8H2,1-4H3,(H,18,19). The number of halogens is 1. The van der Waals surface area contributed by atoms with Crippen molar-refractivity contribution >= 4 is 21.7 Å². The van der Waals surface area contributed by atoms with Crippen molar-refractivity contribution in [3.05, 3.63) is 51.1 Å². The summed E-state index contributed by atoms with van der Waals surface area (Å²) in [5, 5.41) is 3.39. The van der Waals surface area contributed by atoms with Gasteiger partial charge in [0.05, 0.1) is 7.11 Å². The van der Waals surface area contributed by atoms with Crippen molar-refractivity contribution in [1.82, 2.24) is 4.98 Å². The SMILES string of the molecule is COc1cc(C)c(CNc2ncc(Br)cc2C)cc1C. The number of methoxy groups -OCH3 is 1. The minimum Gasteiger partial charge on any atom is -0.496 e. The molecule has 0 bridgehead atoms. The Morgan fingerprint density at radius 1 is 1.10 bits per heavy atom. The summed E-state index contributed by atoms with van der Waals surface area (Å²) in [7, 11) is 1.70. The topological polar surface area (TPSA) is 34.1 Å². The van der Waals surface area contributed by atoms with Crippen LogP contribution in [-0.2, 0) is 6.54 Å². The van der Waals surface area contributed by atoms with Gasteiger partial charge in [-0.3, -0.25) is 0 Å². The van der Waals surface area contributed by atoms with Crippen molar-refractivity contribution in [3.63, 3.8) is 0 Å². The summed E-state index contributed by atoms with van der Waals surface area (Å²) in [6.07, 6.45) is 1.81. The Balaban J connectivity index is 2.16. The summed E-state index contributed by atoms with van der Waals surface area (Å²) in [6.45, 7) is 6.96. The molecule has 0 fully saturated rings. The van der Waals surface area contributed by atoms with E-state index in [1.54, 1.807) is 7.11 Å². The predicted octanol–water partition coefficient (Wildman–Crippen LogP) is 4.39. The lowest BCUT2D eigenvalue weighted by Crippen LogP contribution is -2.05. The molecule has 1 N–H and O–H groups in total. The van der Waals surface area contributed by atoms with Crippen LogP contribution in [0.15, 0.2) is 28.9 Å². The van der Waals surface area contributed by atoms with Gasteiger partial charge in [-0.2, -0.15) is 0 Å². The van der Waals surface area contributed by atoms with Gasteiger partial charge in [0.15, 0.2) is 0 Å². The zero-order valence-corrected chi connectivity index (χ0v) is 13.8. The van der Waals surface area contributed by atoms with Crippen molar-refractivity contribution < 1.29 is 4.74 Å². The Morgan fingerprint density at radius 2 is 1.85 bits per heavy atom. The van der Waals surface area contributed by atoms with E-state index in [9.17, 15) is 0 Å². The normalized spacial score (nSPS) is 10.4. The molecule has 106 valence electrons. The van der Waals surface area contributed by atoms with Crippen LogP contribution in [0.25, 0.3) is 0 Å². The largest absolute Gasteiger partial charge is 0.496 e. The van der Waals surface area contributed by atoms with E-state index in [1.807, 2.05) is 13.1 Å². The van der Waals surface area contributed by atoms with Gasteiger partial charge < -0.3 is 10.1 Å². The highest BCUT2D eigenvalue weighted by atomic mass is 79.9. The number of hydrogen-bond acceptors (Lipinski definition) is 3. The van der Waals surface area contributed by atoms with Gasteiger partial charge in [-0.25, -0.2) is 4.98 Å². The van der Waals surface area contributed by atoms with E-state index in [4.69, 9.17) is 4.74 Å².